The average Bonchev–Trinajstić information content (AvgIpc) is 2.97. The molecule has 17 heavy (non-hydrogen) atoms. The van der Waals surface area contributed by atoms with E-state index < -0.39 is 32.5 Å². The Morgan fingerprint density at radius 2 is 2.12 bits per heavy atom. The third kappa shape index (κ3) is 2.42. The molecule has 92 valence electrons. The number of hydrogen-bond donors (Lipinski definition) is 2. The number of nitrogens with one attached hydrogen (secondary N) is 1. The molecule has 0 spiro atoms. The summed E-state index contributed by atoms with van der Waals surface area (Å²) in [6.07, 6.45) is 0.426. The number of amides is 1. The first-order valence-corrected chi connectivity index (χ1v) is 6.24. The molecule has 1 aromatic heterocycles. The van der Waals surface area contributed by atoms with E-state index >= 15 is 0 Å². The summed E-state index contributed by atoms with van der Waals surface area (Å²) in [6.45, 7) is 0. The summed E-state index contributed by atoms with van der Waals surface area (Å²) < 4.78 is 37.6. The fraction of sp³-hybridized carbons (Fsp3) is 0.333. The molecule has 2 rings (SSSR count). The first kappa shape index (κ1) is 11.9. The third-order valence-electron chi connectivity index (χ3n) is 2.34. The minimum absolute atomic E-state index is 0.213. The molecule has 0 bridgehead atoms. The van der Waals surface area contributed by atoms with E-state index in [0.717, 1.165) is 18.2 Å². The van der Waals surface area contributed by atoms with Gasteiger partial charge in [-0.25, -0.2) is 9.71 Å². The summed E-state index contributed by atoms with van der Waals surface area (Å²) in [5, 5.41) is 8.79. The maximum atomic E-state index is 12.7. The summed E-state index contributed by atoms with van der Waals surface area (Å²) in [7, 11) is -4.24. The van der Waals surface area contributed by atoms with Gasteiger partial charge in [0.05, 0.1) is 0 Å². The van der Waals surface area contributed by atoms with Gasteiger partial charge in [-0.1, -0.05) is 6.07 Å². The highest BCUT2D eigenvalue weighted by atomic mass is 32.2. The molecular formula is C9H9FN2O4S. The normalized spacial score (nSPS) is 17.5. The number of pyridine rings is 1. The molecule has 0 radical (unpaired) electrons. The Morgan fingerprint density at radius 3 is 2.65 bits per heavy atom. The van der Waals surface area contributed by atoms with Gasteiger partial charge in [0, 0.05) is 0 Å². The van der Waals surface area contributed by atoms with Crippen molar-refractivity contribution in [2.45, 2.75) is 23.5 Å². The monoisotopic (exact) mass is 260 g/mol. The third-order valence-corrected chi connectivity index (χ3v) is 3.57. The van der Waals surface area contributed by atoms with Crippen molar-refractivity contribution >= 4 is 15.9 Å². The van der Waals surface area contributed by atoms with E-state index in [2.05, 4.69) is 4.98 Å². The maximum absolute atomic E-state index is 12.7. The summed E-state index contributed by atoms with van der Waals surface area (Å²) in [4.78, 5) is 14.5. The summed E-state index contributed by atoms with van der Waals surface area (Å²) in [5.74, 6) is -1.98. The number of carbonyl (C=O) groups is 1. The smallest absolute Gasteiger partial charge is 0.281 e. The lowest BCUT2D eigenvalue weighted by Gasteiger charge is -2.09. The standard InChI is InChI=1S/C9H9FN2O4S/c10-6-2-1-3-7(11-6)17(15,16)12-8(13)9(14)4-5-9/h1-3,14H,4-5H2,(H,12,13). The van der Waals surface area contributed by atoms with Gasteiger partial charge in [0.2, 0.25) is 5.95 Å². The van der Waals surface area contributed by atoms with Crippen LogP contribution in [0.5, 0.6) is 0 Å². The number of aliphatic hydroxyl groups is 1. The van der Waals surface area contributed by atoms with Crippen LogP contribution in [0.15, 0.2) is 23.2 Å². The molecule has 1 saturated carbocycles. The fourth-order valence-electron chi connectivity index (χ4n) is 1.15. The summed E-state index contributed by atoms with van der Waals surface area (Å²) >= 11 is 0. The first-order chi connectivity index (χ1) is 7.83. The van der Waals surface area contributed by atoms with Gasteiger partial charge in [-0.3, -0.25) is 4.79 Å². The lowest BCUT2D eigenvalue weighted by molar-refractivity contribution is -0.129. The molecule has 1 aliphatic rings. The highest BCUT2D eigenvalue weighted by Gasteiger charge is 2.49. The number of rotatable bonds is 3. The number of hydrogen-bond acceptors (Lipinski definition) is 5. The van der Waals surface area contributed by atoms with Crippen molar-refractivity contribution in [3.8, 4) is 0 Å². The van der Waals surface area contributed by atoms with Crippen LogP contribution in [-0.4, -0.2) is 30.0 Å². The Kier molecular flexibility index (Phi) is 2.63. The van der Waals surface area contributed by atoms with Crippen molar-refractivity contribution in [1.29, 1.82) is 0 Å². The second kappa shape index (κ2) is 3.74. The van der Waals surface area contributed by atoms with Crippen molar-refractivity contribution in [1.82, 2.24) is 9.71 Å². The zero-order valence-electron chi connectivity index (χ0n) is 8.55. The molecule has 1 fully saturated rings. The number of carbonyl (C=O) groups excluding carboxylic acids is 1. The molecule has 1 amide bonds. The minimum Gasteiger partial charge on any atom is -0.380 e. The predicted molar refractivity (Wildman–Crippen MR) is 53.7 cm³/mol. The van der Waals surface area contributed by atoms with Crippen LogP contribution in [0, 0.1) is 5.95 Å². The number of nitrogens with zero attached hydrogens (tertiary/aromatic N) is 1. The highest BCUT2D eigenvalue weighted by molar-refractivity contribution is 7.90. The van der Waals surface area contributed by atoms with Gasteiger partial charge in [0.25, 0.3) is 15.9 Å². The van der Waals surface area contributed by atoms with Gasteiger partial charge < -0.3 is 5.11 Å². The molecule has 8 heteroatoms. The Morgan fingerprint density at radius 1 is 1.47 bits per heavy atom. The van der Waals surface area contributed by atoms with Gasteiger partial charge in [-0.05, 0) is 25.0 Å². The first-order valence-electron chi connectivity index (χ1n) is 4.76. The number of sulfonamides is 1. The lowest BCUT2D eigenvalue weighted by atomic mass is 10.3. The Bertz CT molecular complexity index is 568. The van der Waals surface area contributed by atoms with Crippen LogP contribution in [0.1, 0.15) is 12.8 Å². The number of halogens is 1. The van der Waals surface area contributed by atoms with Crippen LogP contribution in [0.3, 0.4) is 0 Å². The summed E-state index contributed by atoms with van der Waals surface area (Å²) in [5.41, 5.74) is -1.61. The van der Waals surface area contributed by atoms with Crippen molar-refractivity contribution in [3.05, 3.63) is 24.1 Å². The molecule has 1 aliphatic carbocycles. The molecule has 0 atom stereocenters. The van der Waals surface area contributed by atoms with Gasteiger partial charge in [0.15, 0.2) is 5.03 Å². The molecule has 0 aliphatic heterocycles. The van der Waals surface area contributed by atoms with E-state index in [0.29, 0.717) is 0 Å². The van der Waals surface area contributed by atoms with Gasteiger partial charge >= 0.3 is 0 Å². The molecule has 0 aromatic carbocycles. The van der Waals surface area contributed by atoms with E-state index in [1.54, 1.807) is 4.72 Å². The molecule has 2 N–H and O–H groups in total. The van der Waals surface area contributed by atoms with E-state index in [1.165, 1.54) is 0 Å². The molecule has 1 heterocycles. The van der Waals surface area contributed by atoms with Gasteiger partial charge in [0.1, 0.15) is 5.60 Å². The second-order valence-corrected chi connectivity index (χ2v) is 5.39. The Hall–Kier alpha value is -1.54. The van der Waals surface area contributed by atoms with Crippen LogP contribution < -0.4 is 4.72 Å². The largest absolute Gasteiger partial charge is 0.380 e. The lowest BCUT2D eigenvalue weighted by Crippen LogP contribution is -2.40. The van der Waals surface area contributed by atoms with E-state index in [9.17, 15) is 22.7 Å². The van der Waals surface area contributed by atoms with E-state index in [1.807, 2.05) is 0 Å². The SMILES string of the molecule is O=C(NS(=O)(=O)c1cccc(F)n1)C1(O)CC1. The van der Waals surface area contributed by atoms with E-state index in [4.69, 9.17) is 0 Å². The zero-order valence-corrected chi connectivity index (χ0v) is 9.37. The van der Waals surface area contributed by atoms with Crippen LogP contribution in [0.25, 0.3) is 0 Å². The molecule has 1 aromatic rings. The average molecular weight is 260 g/mol. The van der Waals surface area contributed by atoms with Crippen molar-refractivity contribution in [2.24, 2.45) is 0 Å². The molecule has 6 nitrogen and oxygen atoms in total. The molecular weight excluding hydrogens is 251 g/mol. The Balaban J connectivity index is 2.22. The summed E-state index contributed by atoms with van der Waals surface area (Å²) in [6, 6.07) is 3.19. The quantitative estimate of drug-likeness (QED) is 0.717. The highest BCUT2D eigenvalue weighted by Crippen LogP contribution is 2.35. The van der Waals surface area contributed by atoms with Crippen LogP contribution >= 0.6 is 0 Å². The van der Waals surface area contributed by atoms with E-state index in [-0.39, 0.29) is 12.8 Å². The molecule has 0 unspecified atom stereocenters. The molecule has 0 saturated heterocycles. The second-order valence-electron chi connectivity index (χ2n) is 3.76. The van der Waals surface area contributed by atoms with Crippen molar-refractivity contribution in [3.63, 3.8) is 0 Å². The van der Waals surface area contributed by atoms with Crippen LogP contribution in [0.4, 0.5) is 4.39 Å². The van der Waals surface area contributed by atoms with Crippen LogP contribution in [0.2, 0.25) is 0 Å². The minimum atomic E-state index is -4.24. The zero-order chi connectivity index (χ0) is 12.7. The topological polar surface area (TPSA) is 96.4 Å². The van der Waals surface area contributed by atoms with Crippen LogP contribution in [-0.2, 0) is 14.8 Å². The fourth-order valence-corrected chi connectivity index (χ4v) is 2.16. The predicted octanol–water partition coefficient (Wildman–Crippen LogP) is -0.450. The maximum Gasteiger partial charge on any atom is 0.281 e. The number of aromatic nitrogens is 1. The van der Waals surface area contributed by atoms with Gasteiger partial charge in [-0.15, -0.1) is 0 Å². The van der Waals surface area contributed by atoms with Crippen molar-refractivity contribution < 1.29 is 22.7 Å². The Labute approximate surface area is 96.5 Å². The van der Waals surface area contributed by atoms with Gasteiger partial charge in [-0.2, -0.15) is 12.8 Å². The van der Waals surface area contributed by atoms with Crippen molar-refractivity contribution in [2.75, 3.05) is 0 Å².